The van der Waals surface area contributed by atoms with E-state index in [9.17, 15) is 4.79 Å². The fourth-order valence-electron chi connectivity index (χ4n) is 9.09. The Hall–Kier alpha value is 0.0500. The zero-order valence-electron chi connectivity index (χ0n) is 23.3. The van der Waals surface area contributed by atoms with Gasteiger partial charge in [-0.05, 0) is 98.7 Å². The van der Waals surface area contributed by atoms with Crippen LogP contribution in [-0.4, -0.2) is 15.7 Å². The van der Waals surface area contributed by atoms with Crippen LogP contribution in [-0.2, 0) is 4.79 Å². The highest BCUT2D eigenvalue weighted by molar-refractivity contribution is 8.14. The van der Waals surface area contributed by atoms with Gasteiger partial charge in [-0.3, -0.25) is 4.79 Å². The summed E-state index contributed by atoms with van der Waals surface area (Å²) in [6.07, 6.45) is 25.3. The summed E-state index contributed by atoms with van der Waals surface area (Å²) < 4.78 is 0. The number of halogens is 1. The summed E-state index contributed by atoms with van der Waals surface area (Å²) in [6.45, 7) is 9.72. The molecule has 0 aromatic carbocycles. The predicted octanol–water partition coefficient (Wildman–Crippen LogP) is 10.4. The largest absolute Gasteiger partial charge is 0.286 e. The normalized spacial score (nSPS) is 39.3. The van der Waals surface area contributed by atoms with E-state index >= 15 is 0 Å². The Morgan fingerprint density at radius 2 is 1.77 bits per heavy atom. The zero-order valence-corrected chi connectivity index (χ0v) is 24.8. The van der Waals surface area contributed by atoms with Crippen molar-refractivity contribution in [3.8, 4) is 0 Å². The lowest BCUT2D eigenvalue weighted by molar-refractivity contribution is -0.110. The summed E-state index contributed by atoms with van der Waals surface area (Å²) >= 11 is 7.93. The molecule has 200 valence electrons. The van der Waals surface area contributed by atoms with E-state index in [1.807, 2.05) is 0 Å². The van der Waals surface area contributed by atoms with Crippen LogP contribution in [0.5, 0.6) is 0 Å². The first-order chi connectivity index (χ1) is 16.8. The van der Waals surface area contributed by atoms with E-state index in [-0.39, 0.29) is 10.5 Å². The van der Waals surface area contributed by atoms with Crippen molar-refractivity contribution in [2.75, 3.05) is 0 Å². The van der Waals surface area contributed by atoms with Gasteiger partial charge in [0.25, 0.3) is 0 Å². The van der Waals surface area contributed by atoms with Crippen LogP contribution < -0.4 is 0 Å². The van der Waals surface area contributed by atoms with E-state index in [0.717, 1.165) is 42.9 Å². The molecule has 0 spiro atoms. The third kappa shape index (κ3) is 5.89. The summed E-state index contributed by atoms with van der Waals surface area (Å²) in [5.41, 5.74) is 2.67. The Kier molecular flexibility index (Phi) is 9.84. The fraction of sp³-hybridized carbons (Fsp3) is 0.906. The molecule has 8 atom stereocenters. The topological polar surface area (TPSA) is 17.1 Å². The number of carbonyl (C=O) groups is 1. The Balaban J connectivity index is 1.36. The van der Waals surface area contributed by atoms with E-state index < -0.39 is 0 Å². The molecule has 0 aromatic rings. The van der Waals surface area contributed by atoms with E-state index in [0.29, 0.717) is 16.1 Å². The van der Waals surface area contributed by atoms with Gasteiger partial charge in [-0.15, -0.1) is 11.6 Å². The molecule has 3 heteroatoms. The van der Waals surface area contributed by atoms with Gasteiger partial charge in [0.2, 0.25) is 5.12 Å². The molecule has 0 bridgehead atoms. The number of fused-ring (bicyclic) bond motifs is 5. The molecule has 0 saturated heterocycles. The molecule has 35 heavy (non-hydrogen) atoms. The number of allylic oxidation sites excluding steroid dienone is 2. The molecule has 4 aliphatic carbocycles. The van der Waals surface area contributed by atoms with E-state index in [1.54, 1.807) is 17.3 Å². The highest BCUT2D eigenvalue weighted by Gasteiger charge is 2.58. The SMILES string of the molecule is CCCCCCCC[C@@H]1CC[C@H]2[C@H]3CC=C4C[C@@H](SC(=O)[C@H](Cl)CCC)CC[C@]4(C)[C@@H]3CC[C@]12C. The zero-order chi connectivity index (χ0) is 25.1. The summed E-state index contributed by atoms with van der Waals surface area (Å²) in [4.78, 5) is 12.6. The number of carbonyl (C=O) groups excluding carboxylic acids is 1. The number of rotatable bonds is 11. The van der Waals surface area contributed by atoms with Crippen LogP contribution >= 0.6 is 23.4 Å². The third-order valence-corrected chi connectivity index (χ3v) is 13.0. The average Bonchev–Trinajstić information content (AvgIpc) is 3.18. The molecule has 0 radical (unpaired) electrons. The van der Waals surface area contributed by atoms with E-state index in [1.165, 1.54) is 89.9 Å². The Bertz CT molecular complexity index is 748. The lowest BCUT2D eigenvalue weighted by Crippen LogP contribution is -2.50. The van der Waals surface area contributed by atoms with Gasteiger partial charge in [0.1, 0.15) is 5.38 Å². The van der Waals surface area contributed by atoms with E-state index in [2.05, 4.69) is 33.8 Å². The average molecular weight is 521 g/mol. The van der Waals surface area contributed by atoms with Crippen LogP contribution in [0.2, 0.25) is 0 Å². The summed E-state index contributed by atoms with van der Waals surface area (Å²) in [5, 5.41) is 0.358. The van der Waals surface area contributed by atoms with Crippen LogP contribution in [0.3, 0.4) is 0 Å². The number of thioether (sulfide) groups is 1. The van der Waals surface area contributed by atoms with Gasteiger partial charge in [0.05, 0.1) is 0 Å². The predicted molar refractivity (Wildman–Crippen MR) is 154 cm³/mol. The standard InChI is InChI=1S/C32H53ClOS/c1-5-7-8-9-10-11-13-23-15-17-27-26-16-14-24-22-25(35-30(34)29(33)12-6-2)18-20-32(24,4)28(26)19-21-31(23,27)3/h14,23,25-29H,5-13,15-22H2,1-4H3/t23-,25+,26-,27+,28-,29-,31-,32+/m1/s1. The van der Waals surface area contributed by atoms with Crippen LogP contribution in [0.25, 0.3) is 0 Å². The quantitative estimate of drug-likeness (QED) is 0.153. The minimum atomic E-state index is -0.300. The lowest BCUT2D eigenvalue weighted by Gasteiger charge is -2.58. The highest BCUT2D eigenvalue weighted by Crippen LogP contribution is 2.67. The van der Waals surface area contributed by atoms with Crippen molar-refractivity contribution in [1.29, 1.82) is 0 Å². The molecule has 4 rings (SSSR count). The van der Waals surface area contributed by atoms with Crippen LogP contribution in [0, 0.1) is 34.5 Å². The number of hydrogen-bond acceptors (Lipinski definition) is 2. The van der Waals surface area contributed by atoms with Crippen molar-refractivity contribution in [3.05, 3.63) is 11.6 Å². The lowest BCUT2D eigenvalue weighted by atomic mass is 9.47. The van der Waals surface area contributed by atoms with Crippen molar-refractivity contribution in [3.63, 3.8) is 0 Å². The molecule has 3 fully saturated rings. The van der Waals surface area contributed by atoms with Crippen molar-refractivity contribution in [2.24, 2.45) is 34.5 Å². The first-order valence-corrected chi connectivity index (χ1v) is 16.7. The fourth-order valence-corrected chi connectivity index (χ4v) is 10.6. The molecule has 0 unspecified atom stereocenters. The van der Waals surface area contributed by atoms with Crippen molar-refractivity contribution >= 4 is 28.5 Å². The van der Waals surface area contributed by atoms with Crippen LogP contribution in [0.15, 0.2) is 11.6 Å². The summed E-state index contributed by atoms with van der Waals surface area (Å²) in [5.74, 6) is 3.69. The van der Waals surface area contributed by atoms with Gasteiger partial charge in [-0.25, -0.2) is 0 Å². The minimum Gasteiger partial charge on any atom is -0.286 e. The van der Waals surface area contributed by atoms with Crippen molar-refractivity contribution in [1.82, 2.24) is 0 Å². The van der Waals surface area contributed by atoms with Gasteiger partial charge in [0.15, 0.2) is 0 Å². The second-order valence-electron chi connectivity index (χ2n) is 13.2. The Labute approximate surface area is 226 Å². The molecular formula is C32H53ClOS. The second kappa shape index (κ2) is 12.3. The molecule has 0 N–H and O–H groups in total. The second-order valence-corrected chi connectivity index (χ2v) is 15.0. The first-order valence-electron chi connectivity index (χ1n) is 15.4. The number of hydrogen-bond donors (Lipinski definition) is 0. The maximum absolute atomic E-state index is 12.6. The molecule has 0 aliphatic heterocycles. The van der Waals surface area contributed by atoms with E-state index in [4.69, 9.17) is 11.6 Å². The van der Waals surface area contributed by atoms with Crippen LogP contribution in [0.4, 0.5) is 0 Å². The molecular weight excluding hydrogens is 468 g/mol. The van der Waals surface area contributed by atoms with Gasteiger partial charge in [0, 0.05) is 5.25 Å². The molecule has 0 amide bonds. The molecule has 1 nitrogen and oxygen atoms in total. The molecule has 4 aliphatic rings. The molecule has 0 heterocycles. The summed E-state index contributed by atoms with van der Waals surface area (Å²) in [6, 6.07) is 0. The Morgan fingerprint density at radius 3 is 2.54 bits per heavy atom. The minimum absolute atomic E-state index is 0.215. The Morgan fingerprint density at radius 1 is 1.00 bits per heavy atom. The van der Waals surface area contributed by atoms with Gasteiger partial charge >= 0.3 is 0 Å². The molecule has 3 saturated carbocycles. The third-order valence-electron chi connectivity index (χ3n) is 11.2. The number of unbranched alkanes of at least 4 members (excludes halogenated alkanes) is 5. The smallest absolute Gasteiger partial charge is 0.207 e. The van der Waals surface area contributed by atoms with Gasteiger partial charge in [-0.1, -0.05) is 96.1 Å². The molecule has 0 aromatic heterocycles. The summed E-state index contributed by atoms with van der Waals surface area (Å²) in [7, 11) is 0. The maximum Gasteiger partial charge on any atom is 0.207 e. The number of alkyl halides is 1. The van der Waals surface area contributed by atoms with Crippen LogP contribution in [0.1, 0.15) is 137 Å². The van der Waals surface area contributed by atoms with Gasteiger partial charge < -0.3 is 0 Å². The maximum atomic E-state index is 12.6. The first kappa shape index (κ1) is 28.1. The van der Waals surface area contributed by atoms with Gasteiger partial charge in [-0.2, -0.15) is 0 Å². The highest BCUT2D eigenvalue weighted by atomic mass is 35.5. The monoisotopic (exact) mass is 520 g/mol. The van der Waals surface area contributed by atoms with Crippen molar-refractivity contribution in [2.45, 2.75) is 147 Å². The van der Waals surface area contributed by atoms with Crippen molar-refractivity contribution < 1.29 is 4.79 Å².